The summed E-state index contributed by atoms with van der Waals surface area (Å²) in [4.78, 5) is 11.9. The van der Waals surface area contributed by atoms with Gasteiger partial charge in [0.05, 0.1) is 12.8 Å². The minimum Gasteiger partial charge on any atom is -0.354 e. The van der Waals surface area contributed by atoms with Gasteiger partial charge in [0.25, 0.3) is 0 Å². The van der Waals surface area contributed by atoms with E-state index in [4.69, 9.17) is 0 Å². The molecule has 0 saturated carbocycles. The van der Waals surface area contributed by atoms with Gasteiger partial charge in [0.2, 0.25) is 15.9 Å². The third-order valence-corrected chi connectivity index (χ3v) is 4.72. The molecule has 0 unspecified atom stereocenters. The first kappa shape index (κ1) is 19.3. The van der Waals surface area contributed by atoms with Crippen LogP contribution in [0.5, 0.6) is 0 Å². The van der Waals surface area contributed by atoms with Crippen LogP contribution in [0, 0.1) is 17.6 Å². The number of rotatable bonds is 8. The van der Waals surface area contributed by atoms with E-state index in [-0.39, 0.29) is 24.9 Å². The van der Waals surface area contributed by atoms with Crippen LogP contribution >= 0.6 is 0 Å². The van der Waals surface area contributed by atoms with Gasteiger partial charge in [0.1, 0.15) is 5.69 Å². The molecular formula is C15H22F2N2O3S. The Morgan fingerprint density at radius 3 is 2.17 bits per heavy atom. The fraction of sp³-hybridized carbons (Fsp3) is 0.533. The van der Waals surface area contributed by atoms with Crippen molar-refractivity contribution in [3.05, 3.63) is 29.8 Å². The van der Waals surface area contributed by atoms with Crippen molar-refractivity contribution in [3.8, 4) is 0 Å². The van der Waals surface area contributed by atoms with Crippen molar-refractivity contribution in [2.75, 3.05) is 23.7 Å². The van der Waals surface area contributed by atoms with Crippen LogP contribution in [-0.4, -0.2) is 33.7 Å². The smallest absolute Gasteiger partial charge is 0.232 e. The fourth-order valence-corrected chi connectivity index (χ4v) is 3.18. The van der Waals surface area contributed by atoms with E-state index in [1.165, 1.54) is 0 Å². The van der Waals surface area contributed by atoms with Crippen LogP contribution in [-0.2, 0) is 14.8 Å². The van der Waals surface area contributed by atoms with Gasteiger partial charge in [-0.25, -0.2) is 17.2 Å². The number of amides is 1. The molecule has 1 N–H and O–H groups in total. The second kappa shape index (κ2) is 8.24. The Morgan fingerprint density at radius 2 is 1.74 bits per heavy atom. The molecule has 1 amide bonds. The third kappa shape index (κ3) is 5.16. The van der Waals surface area contributed by atoms with Gasteiger partial charge in [-0.05, 0) is 25.0 Å². The molecule has 0 aliphatic carbocycles. The maximum Gasteiger partial charge on any atom is 0.232 e. The molecule has 1 aromatic rings. The lowest BCUT2D eigenvalue weighted by atomic mass is 10.0. The summed E-state index contributed by atoms with van der Waals surface area (Å²) in [6, 6.07) is 3.13. The van der Waals surface area contributed by atoms with Crippen molar-refractivity contribution in [2.24, 2.45) is 5.92 Å². The van der Waals surface area contributed by atoms with Crippen LogP contribution in [0.3, 0.4) is 0 Å². The van der Waals surface area contributed by atoms with Gasteiger partial charge < -0.3 is 5.32 Å². The summed E-state index contributed by atoms with van der Waals surface area (Å²) < 4.78 is 51.9. The molecule has 130 valence electrons. The van der Waals surface area contributed by atoms with Gasteiger partial charge >= 0.3 is 0 Å². The first-order valence-corrected chi connectivity index (χ1v) is 9.26. The van der Waals surface area contributed by atoms with Crippen LogP contribution in [0.2, 0.25) is 0 Å². The molecule has 0 bridgehead atoms. The van der Waals surface area contributed by atoms with Crippen LogP contribution in [0.15, 0.2) is 18.2 Å². The maximum absolute atomic E-state index is 13.8. The van der Waals surface area contributed by atoms with Crippen molar-refractivity contribution in [3.63, 3.8) is 0 Å². The summed E-state index contributed by atoms with van der Waals surface area (Å²) in [6.45, 7) is 3.48. The molecule has 0 atom stereocenters. The molecule has 0 fully saturated rings. The number of carbonyl (C=O) groups is 1. The van der Waals surface area contributed by atoms with Crippen molar-refractivity contribution < 1.29 is 22.0 Å². The zero-order valence-corrected chi connectivity index (χ0v) is 14.3. The van der Waals surface area contributed by atoms with Gasteiger partial charge in [0, 0.05) is 12.5 Å². The molecule has 0 aliphatic rings. The zero-order valence-electron chi connectivity index (χ0n) is 13.5. The van der Waals surface area contributed by atoms with Crippen molar-refractivity contribution >= 4 is 21.6 Å². The Balaban J connectivity index is 2.89. The molecule has 0 heterocycles. The van der Waals surface area contributed by atoms with Crippen molar-refractivity contribution in [1.82, 2.24) is 5.32 Å². The molecule has 0 aromatic heterocycles. The SMILES string of the molecule is CCC(CC)C(=O)NCCN(c1c(F)cccc1F)S(C)(=O)=O. The van der Waals surface area contributed by atoms with Gasteiger partial charge in [-0.1, -0.05) is 19.9 Å². The molecule has 0 saturated heterocycles. The maximum atomic E-state index is 13.8. The van der Waals surface area contributed by atoms with E-state index in [9.17, 15) is 22.0 Å². The lowest BCUT2D eigenvalue weighted by Crippen LogP contribution is -2.40. The first-order chi connectivity index (χ1) is 10.7. The number of carbonyl (C=O) groups excluding carboxylic acids is 1. The standard InChI is InChI=1S/C15H22F2N2O3S/c1-4-11(5-2)15(20)18-9-10-19(23(3,21)22)14-12(16)7-6-8-13(14)17/h6-8,11H,4-5,9-10H2,1-3H3,(H,18,20). The number of benzene rings is 1. The summed E-state index contributed by atoms with van der Waals surface area (Å²) in [5.74, 6) is -2.30. The summed E-state index contributed by atoms with van der Waals surface area (Å²) in [7, 11) is -3.89. The van der Waals surface area contributed by atoms with Gasteiger partial charge in [0.15, 0.2) is 11.6 Å². The highest BCUT2D eigenvalue weighted by Crippen LogP contribution is 2.25. The van der Waals surface area contributed by atoms with Crippen LogP contribution < -0.4 is 9.62 Å². The van der Waals surface area contributed by atoms with Gasteiger partial charge in [-0.2, -0.15) is 0 Å². The molecule has 1 aromatic carbocycles. The van der Waals surface area contributed by atoms with E-state index in [2.05, 4.69) is 5.32 Å². The second-order valence-electron chi connectivity index (χ2n) is 5.21. The minimum atomic E-state index is -3.89. The summed E-state index contributed by atoms with van der Waals surface area (Å²) in [5, 5.41) is 2.61. The number of hydrogen-bond donors (Lipinski definition) is 1. The molecular weight excluding hydrogens is 326 g/mol. The van der Waals surface area contributed by atoms with Crippen LogP contribution in [0.25, 0.3) is 0 Å². The predicted octanol–water partition coefficient (Wildman–Crippen LogP) is 2.28. The molecule has 0 radical (unpaired) electrons. The molecule has 0 aliphatic heterocycles. The largest absolute Gasteiger partial charge is 0.354 e. The number of anilines is 1. The van der Waals surface area contributed by atoms with E-state index in [0.29, 0.717) is 17.1 Å². The molecule has 1 rings (SSSR count). The Hall–Kier alpha value is -1.70. The topological polar surface area (TPSA) is 66.5 Å². The second-order valence-corrected chi connectivity index (χ2v) is 7.12. The normalized spacial score (nSPS) is 11.6. The van der Waals surface area contributed by atoms with Gasteiger partial charge in [-0.15, -0.1) is 0 Å². The molecule has 0 spiro atoms. The van der Waals surface area contributed by atoms with E-state index in [0.717, 1.165) is 24.5 Å². The first-order valence-electron chi connectivity index (χ1n) is 7.41. The highest BCUT2D eigenvalue weighted by atomic mass is 32.2. The quantitative estimate of drug-likeness (QED) is 0.784. The highest BCUT2D eigenvalue weighted by Gasteiger charge is 2.24. The Bertz CT molecular complexity index is 626. The predicted molar refractivity (Wildman–Crippen MR) is 85.6 cm³/mol. The Kier molecular flexibility index (Phi) is 6.93. The minimum absolute atomic E-state index is 0.0316. The number of sulfonamides is 1. The van der Waals surface area contributed by atoms with Gasteiger partial charge in [-0.3, -0.25) is 9.10 Å². The average Bonchev–Trinajstić information content (AvgIpc) is 2.45. The van der Waals surface area contributed by atoms with Crippen LogP contribution in [0.1, 0.15) is 26.7 Å². The summed E-state index contributed by atoms with van der Waals surface area (Å²) in [6.07, 6.45) is 2.20. The van der Waals surface area contributed by atoms with Crippen molar-refractivity contribution in [2.45, 2.75) is 26.7 Å². The monoisotopic (exact) mass is 348 g/mol. The number of para-hydroxylation sites is 1. The number of halogens is 2. The van der Waals surface area contributed by atoms with E-state index >= 15 is 0 Å². The van der Waals surface area contributed by atoms with Crippen molar-refractivity contribution in [1.29, 1.82) is 0 Å². The lowest BCUT2D eigenvalue weighted by Gasteiger charge is -2.24. The highest BCUT2D eigenvalue weighted by molar-refractivity contribution is 7.92. The number of nitrogens with one attached hydrogen (secondary N) is 1. The summed E-state index contributed by atoms with van der Waals surface area (Å²) >= 11 is 0. The van der Waals surface area contributed by atoms with Crippen LogP contribution in [0.4, 0.5) is 14.5 Å². The summed E-state index contributed by atoms with van der Waals surface area (Å²) in [5.41, 5.74) is -0.633. The number of nitrogens with zero attached hydrogens (tertiary/aromatic N) is 1. The molecule has 23 heavy (non-hydrogen) atoms. The Morgan fingerprint density at radius 1 is 1.22 bits per heavy atom. The third-order valence-electron chi connectivity index (χ3n) is 3.56. The molecule has 8 heteroatoms. The lowest BCUT2D eigenvalue weighted by molar-refractivity contribution is -0.125. The number of hydrogen-bond acceptors (Lipinski definition) is 3. The average molecular weight is 348 g/mol. The zero-order chi connectivity index (χ0) is 17.6. The fourth-order valence-electron chi connectivity index (χ4n) is 2.26. The van der Waals surface area contributed by atoms with E-state index in [1.54, 1.807) is 0 Å². The molecule has 5 nitrogen and oxygen atoms in total. The van der Waals surface area contributed by atoms with E-state index in [1.807, 2.05) is 13.8 Å². The van der Waals surface area contributed by atoms with E-state index < -0.39 is 27.3 Å². The Labute approximate surface area is 135 Å².